The van der Waals surface area contributed by atoms with E-state index >= 15 is 0 Å². The van der Waals surface area contributed by atoms with E-state index in [9.17, 15) is 8.78 Å². The average molecular weight is 311 g/mol. The quantitative estimate of drug-likeness (QED) is 0.848. The van der Waals surface area contributed by atoms with Gasteiger partial charge in [-0.15, -0.1) is 0 Å². The van der Waals surface area contributed by atoms with Gasteiger partial charge in [-0.2, -0.15) is 5.26 Å². The highest BCUT2D eigenvalue weighted by molar-refractivity contribution is 9.10. The van der Waals surface area contributed by atoms with Gasteiger partial charge in [-0.05, 0) is 34.1 Å². The van der Waals surface area contributed by atoms with Crippen LogP contribution in [0.3, 0.4) is 0 Å². The number of nitriles is 1. The molecule has 2 rings (SSSR count). The number of pyridine rings is 1. The number of ether oxygens (including phenoxy) is 1. The first-order valence-corrected chi connectivity index (χ1v) is 5.57. The zero-order valence-corrected chi connectivity index (χ0v) is 10.4. The summed E-state index contributed by atoms with van der Waals surface area (Å²) in [5, 5.41) is 8.56. The summed E-state index contributed by atoms with van der Waals surface area (Å²) < 4.78 is 32.8. The number of hydrogen-bond acceptors (Lipinski definition) is 3. The molecule has 0 unspecified atom stereocenters. The van der Waals surface area contributed by atoms with Crippen molar-refractivity contribution < 1.29 is 13.5 Å². The second kappa shape index (κ2) is 5.10. The van der Waals surface area contributed by atoms with Crippen LogP contribution in [0.15, 0.2) is 35.1 Å². The predicted octanol–water partition coefficient (Wildman–Crippen LogP) is 3.79. The fraction of sp³-hybridized carbons (Fsp3) is 0. The number of aromatic nitrogens is 1. The van der Waals surface area contributed by atoms with E-state index in [1.165, 1.54) is 18.5 Å². The van der Waals surface area contributed by atoms with Crippen molar-refractivity contribution in [3.63, 3.8) is 0 Å². The number of hydrogen-bond donors (Lipinski definition) is 0. The lowest BCUT2D eigenvalue weighted by molar-refractivity contribution is 0.405. The van der Waals surface area contributed by atoms with Gasteiger partial charge in [0.05, 0.1) is 17.8 Å². The monoisotopic (exact) mass is 310 g/mol. The predicted molar refractivity (Wildman–Crippen MR) is 63.1 cm³/mol. The Morgan fingerprint density at radius 2 is 1.83 bits per heavy atom. The van der Waals surface area contributed by atoms with Crippen molar-refractivity contribution in [1.29, 1.82) is 5.26 Å². The fourth-order valence-corrected chi connectivity index (χ4v) is 1.63. The Bertz CT molecular complexity index is 617. The summed E-state index contributed by atoms with van der Waals surface area (Å²) in [6, 6.07) is 4.98. The minimum absolute atomic E-state index is 0.107. The highest BCUT2D eigenvalue weighted by Crippen LogP contribution is 2.29. The largest absolute Gasteiger partial charge is 0.450 e. The van der Waals surface area contributed by atoms with E-state index in [0.717, 1.165) is 12.1 Å². The van der Waals surface area contributed by atoms with Crippen LogP contribution in [0.4, 0.5) is 8.78 Å². The molecule has 0 bridgehead atoms. The molecule has 1 heterocycles. The van der Waals surface area contributed by atoms with E-state index in [4.69, 9.17) is 10.00 Å². The zero-order chi connectivity index (χ0) is 13.1. The molecule has 0 fully saturated rings. The van der Waals surface area contributed by atoms with Crippen molar-refractivity contribution in [2.24, 2.45) is 0 Å². The van der Waals surface area contributed by atoms with Gasteiger partial charge in [-0.25, -0.2) is 8.78 Å². The standard InChI is InChI=1S/C12H5BrF2N2O/c13-8-3-9(6-17-5-8)18-12-10(14)1-7(4-16)2-11(12)15/h1-3,5-6H. The summed E-state index contributed by atoms with van der Waals surface area (Å²) in [7, 11) is 0. The lowest BCUT2D eigenvalue weighted by atomic mass is 10.2. The number of benzene rings is 1. The van der Waals surface area contributed by atoms with Crippen LogP contribution < -0.4 is 4.74 Å². The van der Waals surface area contributed by atoms with Gasteiger partial charge >= 0.3 is 0 Å². The second-order valence-electron chi connectivity index (χ2n) is 3.32. The Labute approximate surface area is 110 Å². The van der Waals surface area contributed by atoms with Crippen LogP contribution in [0.5, 0.6) is 11.5 Å². The molecule has 6 heteroatoms. The van der Waals surface area contributed by atoms with Crippen LogP contribution in [0.25, 0.3) is 0 Å². The molecule has 0 radical (unpaired) electrons. The molecule has 0 aliphatic heterocycles. The molecule has 18 heavy (non-hydrogen) atoms. The van der Waals surface area contributed by atoms with Crippen molar-refractivity contribution in [2.75, 3.05) is 0 Å². The third-order valence-corrected chi connectivity index (χ3v) is 2.46. The summed E-state index contributed by atoms with van der Waals surface area (Å²) in [6.07, 6.45) is 2.83. The molecule has 1 aromatic heterocycles. The Morgan fingerprint density at radius 3 is 2.39 bits per heavy atom. The molecule has 0 saturated heterocycles. The van der Waals surface area contributed by atoms with E-state index in [1.807, 2.05) is 0 Å². The maximum atomic E-state index is 13.5. The number of rotatable bonds is 2. The lowest BCUT2D eigenvalue weighted by Crippen LogP contribution is -1.94. The summed E-state index contributed by atoms with van der Waals surface area (Å²) in [4.78, 5) is 3.80. The Balaban J connectivity index is 2.38. The molecule has 2 aromatic rings. The molecule has 0 aliphatic rings. The smallest absolute Gasteiger partial charge is 0.198 e. The van der Waals surface area contributed by atoms with Gasteiger partial charge in [-0.1, -0.05) is 0 Å². The first-order valence-electron chi connectivity index (χ1n) is 4.77. The molecule has 90 valence electrons. The molecule has 0 atom stereocenters. The summed E-state index contributed by atoms with van der Waals surface area (Å²) in [6.45, 7) is 0. The van der Waals surface area contributed by atoms with Crippen LogP contribution in [0, 0.1) is 23.0 Å². The van der Waals surface area contributed by atoms with Gasteiger partial charge in [0, 0.05) is 10.7 Å². The van der Waals surface area contributed by atoms with Gasteiger partial charge < -0.3 is 4.74 Å². The van der Waals surface area contributed by atoms with Gasteiger partial charge in [0.1, 0.15) is 5.75 Å². The van der Waals surface area contributed by atoms with Crippen molar-refractivity contribution in [1.82, 2.24) is 4.98 Å². The molecule has 0 N–H and O–H groups in total. The minimum Gasteiger partial charge on any atom is -0.450 e. The molecule has 0 saturated carbocycles. The van der Waals surface area contributed by atoms with Crippen LogP contribution in [0.1, 0.15) is 5.56 Å². The van der Waals surface area contributed by atoms with Crippen molar-refractivity contribution in [2.45, 2.75) is 0 Å². The summed E-state index contributed by atoms with van der Waals surface area (Å²) >= 11 is 3.16. The summed E-state index contributed by atoms with van der Waals surface area (Å²) in [5.41, 5.74) is -0.107. The zero-order valence-electron chi connectivity index (χ0n) is 8.82. The van der Waals surface area contributed by atoms with Gasteiger partial charge in [0.15, 0.2) is 17.4 Å². The van der Waals surface area contributed by atoms with E-state index in [1.54, 1.807) is 6.07 Å². The Morgan fingerprint density at radius 1 is 1.17 bits per heavy atom. The highest BCUT2D eigenvalue weighted by Gasteiger charge is 2.14. The van der Waals surface area contributed by atoms with Gasteiger partial charge in [0.2, 0.25) is 0 Å². The van der Waals surface area contributed by atoms with E-state index in [-0.39, 0.29) is 11.3 Å². The average Bonchev–Trinajstić information content (AvgIpc) is 2.33. The Kier molecular flexibility index (Phi) is 3.53. The van der Waals surface area contributed by atoms with Crippen molar-refractivity contribution >= 4 is 15.9 Å². The summed E-state index contributed by atoms with van der Waals surface area (Å²) in [5.74, 6) is -2.25. The number of nitrogens with zero attached hydrogens (tertiary/aromatic N) is 2. The third-order valence-electron chi connectivity index (χ3n) is 2.03. The molecule has 3 nitrogen and oxygen atoms in total. The molecule has 0 spiro atoms. The van der Waals surface area contributed by atoms with Crippen LogP contribution in [-0.2, 0) is 0 Å². The molecule has 0 aliphatic carbocycles. The minimum atomic E-state index is -0.938. The second-order valence-corrected chi connectivity index (χ2v) is 4.24. The molecular formula is C12H5BrF2N2O. The van der Waals surface area contributed by atoms with E-state index < -0.39 is 17.4 Å². The maximum absolute atomic E-state index is 13.5. The SMILES string of the molecule is N#Cc1cc(F)c(Oc2cncc(Br)c2)c(F)c1. The highest BCUT2D eigenvalue weighted by atomic mass is 79.9. The van der Waals surface area contributed by atoms with E-state index in [2.05, 4.69) is 20.9 Å². The lowest BCUT2D eigenvalue weighted by Gasteiger charge is -2.07. The van der Waals surface area contributed by atoms with Crippen LogP contribution >= 0.6 is 15.9 Å². The normalized spacial score (nSPS) is 9.89. The van der Waals surface area contributed by atoms with E-state index in [0.29, 0.717) is 4.47 Å². The van der Waals surface area contributed by atoms with Crippen molar-refractivity contribution in [3.05, 3.63) is 52.3 Å². The first kappa shape index (κ1) is 12.5. The van der Waals surface area contributed by atoms with Crippen LogP contribution in [-0.4, -0.2) is 4.98 Å². The first-order chi connectivity index (χ1) is 8.60. The van der Waals surface area contributed by atoms with Gasteiger partial charge in [0.25, 0.3) is 0 Å². The Hall–Kier alpha value is -2.00. The molecular weight excluding hydrogens is 306 g/mol. The van der Waals surface area contributed by atoms with Crippen molar-refractivity contribution in [3.8, 4) is 17.6 Å². The van der Waals surface area contributed by atoms with Crippen LogP contribution in [0.2, 0.25) is 0 Å². The number of halogens is 3. The fourth-order valence-electron chi connectivity index (χ4n) is 1.29. The van der Waals surface area contributed by atoms with Gasteiger partial charge in [-0.3, -0.25) is 4.98 Å². The maximum Gasteiger partial charge on any atom is 0.198 e. The molecule has 0 amide bonds. The topological polar surface area (TPSA) is 45.9 Å². The third kappa shape index (κ3) is 2.63. The molecule has 1 aromatic carbocycles.